The Morgan fingerprint density at radius 1 is 1.37 bits per heavy atom. The van der Waals surface area contributed by atoms with Crippen LogP contribution in [-0.2, 0) is 0 Å². The van der Waals surface area contributed by atoms with Gasteiger partial charge in [0.1, 0.15) is 0 Å². The fourth-order valence-electron chi connectivity index (χ4n) is 2.85. The third-order valence-electron chi connectivity index (χ3n) is 4.22. The van der Waals surface area contributed by atoms with Crippen LogP contribution in [0.4, 0.5) is 5.69 Å². The van der Waals surface area contributed by atoms with E-state index in [-0.39, 0.29) is 0 Å². The average Bonchev–Trinajstić information content (AvgIpc) is 2.63. The first-order valence-corrected chi connectivity index (χ1v) is 8.13. The summed E-state index contributed by atoms with van der Waals surface area (Å²) in [7, 11) is 0. The molecule has 1 fully saturated rings. The maximum Gasteiger partial charge on any atom is 0.0762 e. The van der Waals surface area contributed by atoms with E-state index in [0.717, 1.165) is 29.0 Å². The molecule has 1 unspecified atom stereocenters. The van der Waals surface area contributed by atoms with E-state index in [4.69, 9.17) is 0 Å². The number of anilines is 1. The van der Waals surface area contributed by atoms with Gasteiger partial charge in [-0.1, -0.05) is 19.4 Å². The smallest absolute Gasteiger partial charge is 0.0762 e. The van der Waals surface area contributed by atoms with Crippen LogP contribution in [0.3, 0.4) is 0 Å². The van der Waals surface area contributed by atoms with Crippen LogP contribution in [0.25, 0.3) is 0 Å². The van der Waals surface area contributed by atoms with Crippen molar-refractivity contribution in [1.29, 1.82) is 0 Å². The first kappa shape index (κ1) is 14.9. The molecule has 0 aliphatic carbocycles. The monoisotopic (exact) mass is 325 g/mol. The van der Waals surface area contributed by atoms with E-state index in [1.165, 1.54) is 31.4 Å². The number of aliphatic hydroxyl groups excluding tert-OH is 1. The number of hydrogen-bond acceptors (Lipinski definition) is 2. The van der Waals surface area contributed by atoms with Gasteiger partial charge in [-0.2, -0.15) is 0 Å². The summed E-state index contributed by atoms with van der Waals surface area (Å²) in [6.07, 6.45) is 4.83. The highest BCUT2D eigenvalue weighted by Gasteiger charge is 2.18. The van der Waals surface area contributed by atoms with E-state index in [1.807, 2.05) is 12.1 Å². The van der Waals surface area contributed by atoms with Gasteiger partial charge in [-0.15, -0.1) is 0 Å². The summed E-state index contributed by atoms with van der Waals surface area (Å²) in [6.45, 7) is 6.39. The molecule has 19 heavy (non-hydrogen) atoms. The first-order valence-electron chi connectivity index (χ1n) is 7.34. The lowest BCUT2D eigenvalue weighted by Gasteiger charge is -2.25. The minimum Gasteiger partial charge on any atom is -0.389 e. The highest BCUT2D eigenvalue weighted by Crippen LogP contribution is 2.32. The van der Waals surface area contributed by atoms with Crippen LogP contribution in [0, 0.1) is 5.92 Å². The molecule has 2 nitrogen and oxygen atoms in total. The Labute approximate surface area is 124 Å². The van der Waals surface area contributed by atoms with E-state index in [9.17, 15) is 5.11 Å². The molecule has 1 N–H and O–H groups in total. The Hall–Kier alpha value is -0.540. The fourth-order valence-corrected chi connectivity index (χ4v) is 3.50. The van der Waals surface area contributed by atoms with Gasteiger partial charge < -0.3 is 10.0 Å². The minimum atomic E-state index is -0.404. The van der Waals surface area contributed by atoms with Crippen molar-refractivity contribution < 1.29 is 5.11 Å². The summed E-state index contributed by atoms with van der Waals surface area (Å²) in [5.74, 6) is 0.889. The van der Waals surface area contributed by atoms with Gasteiger partial charge in [0.2, 0.25) is 0 Å². The van der Waals surface area contributed by atoms with Gasteiger partial charge in [-0.25, -0.2) is 0 Å². The third-order valence-corrected chi connectivity index (χ3v) is 4.86. The summed E-state index contributed by atoms with van der Waals surface area (Å²) in [5.41, 5.74) is 2.23. The zero-order valence-electron chi connectivity index (χ0n) is 11.9. The Bertz CT molecular complexity index is 419. The quantitative estimate of drug-likeness (QED) is 0.883. The highest BCUT2D eigenvalue weighted by molar-refractivity contribution is 9.10. The largest absolute Gasteiger partial charge is 0.389 e. The van der Waals surface area contributed by atoms with Crippen molar-refractivity contribution in [1.82, 2.24) is 0 Å². The summed E-state index contributed by atoms with van der Waals surface area (Å²) in [5, 5.41) is 9.63. The highest BCUT2D eigenvalue weighted by atomic mass is 79.9. The predicted octanol–water partition coefficient (Wildman–Crippen LogP) is 4.52. The van der Waals surface area contributed by atoms with E-state index in [2.05, 4.69) is 33.8 Å². The normalized spacial score (nSPS) is 22.1. The molecule has 2 atom stereocenters. The lowest BCUT2D eigenvalue weighted by molar-refractivity contribution is 0.199. The molecule has 0 radical (unpaired) electrons. The van der Waals surface area contributed by atoms with Crippen molar-refractivity contribution in [2.75, 3.05) is 18.0 Å². The van der Waals surface area contributed by atoms with Crippen LogP contribution >= 0.6 is 15.9 Å². The van der Waals surface area contributed by atoms with E-state index in [0.29, 0.717) is 0 Å². The van der Waals surface area contributed by atoms with Crippen molar-refractivity contribution >= 4 is 21.6 Å². The lowest BCUT2D eigenvalue weighted by Crippen LogP contribution is -2.24. The van der Waals surface area contributed by atoms with Gasteiger partial charge >= 0.3 is 0 Å². The van der Waals surface area contributed by atoms with Gasteiger partial charge in [0, 0.05) is 17.6 Å². The Balaban J connectivity index is 2.13. The number of benzene rings is 1. The molecule has 0 saturated carbocycles. The van der Waals surface area contributed by atoms with Gasteiger partial charge in [-0.3, -0.25) is 0 Å². The summed E-state index contributed by atoms with van der Waals surface area (Å²) in [4.78, 5) is 2.48. The molecule has 2 rings (SSSR count). The Morgan fingerprint density at radius 3 is 2.79 bits per heavy atom. The number of aliphatic hydroxyl groups is 1. The summed E-state index contributed by atoms with van der Waals surface area (Å²) >= 11 is 3.66. The van der Waals surface area contributed by atoms with Gasteiger partial charge in [0.15, 0.2) is 0 Å². The second-order valence-electron chi connectivity index (χ2n) is 5.58. The predicted molar refractivity (Wildman–Crippen MR) is 84.6 cm³/mol. The molecule has 0 aromatic heterocycles. The van der Waals surface area contributed by atoms with Crippen molar-refractivity contribution in [3.05, 3.63) is 28.2 Å². The van der Waals surface area contributed by atoms with Crippen LogP contribution in [0.15, 0.2) is 22.7 Å². The van der Waals surface area contributed by atoms with Gasteiger partial charge in [0.25, 0.3) is 0 Å². The molecular formula is C16H24BrNO. The molecule has 1 aromatic rings. The molecule has 0 bridgehead atoms. The standard InChI is InChI=1S/C16H24BrNO/c1-3-13-5-4-9-18(10-8-13)16-7-6-14(12(2)19)11-15(16)17/h6-7,11-13,19H,3-5,8-10H2,1-2H3/t12-,13?/m1/s1. The molecule has 1 aliphatic heterocycles. The number of nitrogens with zero attached hydrogens (tertiary/aromatic N) is 1. The Morgan fingerprint density at radius 2 is 2.16 bits per heavy atom. The fraction of sp³-hybridized carbons (Fsp3) is 0.625. The first-order chi connectivity index (χ1) is 9.11. The maximum atomic E-state index is 9.63. The molecule has 0 spiro atoms. The van der Waals surface area contributed by atoms with Crippen LogP contribution in [-0.4, -0.2) is 18.2 Å². The van der Waals surface area contributed by atoms with Crippen LogP contribution in [0.1, 0.15) is 51.2 Å². The minimum absolute atomic E-state index is 0.404. The summed E-state index contributed by atoms with van der Waals surface area (Å²) < 4.78 is 1.10. The second kappa shape index (κ2) is 6.76. The molecule has 1 heterocycles. The molecule has 1 aromatic carbocycles. The van der Waals surface area contributed by atoms with Crippen LogP contribution in [0.5, 0.6) is 0 Å². The SMILES string of the molecule is CCC1CCCN(c2ccc([C@@H](C)O)cc2Br)CC1. The molecule has 0 amide bonds. The van der Waals surface area contributed by atoms with Gasteiger partial charge in [0.05, 0.1) is 11.8 Å². The van der Waals surface area contributed by atoms with Crippen LogP contribution < -0.4 is 4.90 Å². The molecule has 106 valence electrons. The lowest BCUT2D eigenvalue weighted by atomic mass is 9.98. The average molecular weight is 326 g/mol. The third kappa shape index (κ3) is 3.73. The number of halogens is 1. The van der Waals surface area contributed by atoms with Crippen molar-refractivity contribution in [2.45, 2.75) is 45.6 Å². The second-order valence-corrected chi connectivity index (χ2v) is 6.43. The summed E-state index contributed by atoms with van der Waals surface area (Å²) in [6, 6.07) is 6.22. The van der Waals surface area contributed by atoms with Crippen molar-refractivity contribution in [3.63, 3.8) is 0 Å². The van der Waals surface area contributed by atoms with E-state index in [1.54, 1.807) is 6.92 Å². The number of rotatable bonds is 3. The van der Waals surface area contributed by atoms with Crippen LogP contribution in [0.2, 0.25) is 0 Å². The molecular weight excluding hydrogens is 302 g/mol. The van der Waals surface area contributed by atoms with Gasteiger partial charge in [-0.05, 0) is 65.7 Å². The van der Waals surface area contributed by atoms with Crippen molar-refractivity contribution in [2.24, 2.45) is 5.92 Å². The zero-order valence-corrected chi connectivity index (χ0v) is 13.5. The topological polar surface area (TPSA) is 23.5 Å². The number of hydrogen-bond donors (Lipinski definition) is 1. The zero-order chi connectivity index (χ0) is 13.8. The molecule has 1 aliphatic rings. The Kier molecular flexibility index (Phi) is 5.28. The van der Waals surface area contributed by atoms with E-state index >= 15 is 0 Å². The molecule has 1 saturated heterocycles. The molecule has 3 heteroatoms. The van der Waals surface area contributed by atoms with Crippen molar-refractivity contribution in [3.8, 4) is 0 Å². The van der Waals surface area contributed by atoms with E-state index < -0.39 is 6.10 Å². The maximum absolute atomic E-state index is 9.63.